The van der Waals surface area contributed by atoms with E-state index in [-0.39, 0.29) is 17.9 Å². The molecule has 1 amide bonds. The molecule has 0 aliphatic carbocycles. The van der Waals surface area contributed by atoms with Crippen molar-refractivity contribution in [3.05, 3.63) is 65.5 Å². The van der Waals surface area contributed by atoms with Gasteiger partial charge in [0.25, 0.3) is 0 Å². The Balaban J connectivity index is 1.78. The van der Waals surface area contributed by atoms with Gasteiger partial charge in [0, 0.05) is 30.3 Å². The zero-order valence-corrected chi connectivity index (χ0v) is 17.3. The number of nitrogens with zero attached hydrogens (tertiary/aromatic N) is 2. The van der Waals surface area contributed by atoms with E-state index in [1.165, 1.54) is 6.07 Å². The number of aromatic nitrogens is 1. The first kappa shape index (κ1) is 21.4. The summed E-state index contributed by atoms with van der Waals surface area (Å²) in [4.78, 5) is 19.3. The molecule has 3 rings (SSSR count). The molecule has 29 heavy (non-hydrogen) atoms. The lowest BCUT2D eigenvalue weighted by molar-refractivity contribution is -0.130. The second-order valence-corrected chi connectivity index (χ2v) is 8.81. The number of amides is 1. The third kappa shape index (κ3) is 5.38. The summed E-state index contributed by atoms with van der Waals surface area (Å²) in [6, 6.07) is 9.78. The maximum absolute atomic E-state index is 14.1. The Bertz CT molecular complexity index is 836. The molecule has 0 spiro atoms. The first-order valence-corrected chi connectivity index (χ1v) is 10.1. The average Bonchev–Trinajstić information content (AvgIpc) is 2.69. The van der Waals surface area contributed by atoms with Gasteiger partial charge in [-0.3, -0.25) is 14.7 Å². The van der Waals surface area contributed by atoms with E-state index >= 15 is 0 Å². The molecular weight excluding hydrogens is 372 g/mol. The van der Waals surface area contributed by atoms with Crippen LogP contribution in [-0.4, -0.2) is 28.9 Å². The number of hydrogen-bond donors (Lipinski definition) is 1. The molecule has 0 radical (unpaired) electrons. The minimum Gasteiger partial charge on any atom is -0.347 e. The molecule has 1 aromatic heterocycles. The number of benzene rings is 1. The fourth-order valence-corrected chi connectivity index (χ4v) is 3.77. The van der Waals surface area contributed by atoms with Gasteiger partial charge >= 0.3 is 0 Å². The topological polar surface area (TPSA) is 45.2 Å². The molecule has 2 atom stereocenters. The van der Waals surface area contributed by atoms with E-state index in [1.54, 1.807) is 12.3 Å². The first-order chi connectivity index (χ1) is 13.8. The Morgan fingerprint density at radius 2 is 2.03 bits per heavy atom. The van der Waals surface area contributed by atoms with Crippen LogP contribution in [0.1, 0.15) is 50.9 Å². The van der Waals surface area contributed by atoms with Crippen LogP contribution < -0.4 is 5.32 Å². The molecule has 0 bridgehead atoms. The molecule has 1 aliphatic rings. The van der Waals surface area contributed by atoms with Crippen LogP contribution in [0.25, 0.3) is 0 Å². The number of carbonyl (C=O) groups excluding carboxylic acids is 1. The molecule has 1 aromatic carbocycles. The van der Waals surface area contributed by atoms with Gasteiger partial charge in [-0.2, -0.15) is 0 Å². The van der Waals surface area contributed by atoms with Crippen molar-refractivity contribution < 1.29 is 13.6 Å². The summed E-state index contributed by atoms with van der Waals surface area (Å²) in [7, 11) is 0. The summed E-state index contributed by atoms with van der Waals surface area (Å²) in [6.45, 7) is 7.51. The molecule has 0 saturated carbocycles. The summed E-state index contributed by atoms with van der Waals surface area (Å²) >= 11 is 0. The second-order valence-electron chi connectivity index (χ2n) is 8.81. The number of rotatable bonds is 5. The number of likely N-dealkylation sites (tertiary alicyclic amines) is 1. The number of hydrogen-bond acceptors (Lipinski definition) is 3. The van der Waals surface area contributed by atoms with Crippen LogP contribution in [0.5, 0.6) is 0 Å². The van der Waals surface area contributed by atoms with Crippen LogP contribution in [0.15, 0.2) is 42.6 Å². The largest absolute Gasteiger partial charge is 0.347 e. The van der Waals surface area contributed by atoms with Gasteiger partial charge in [0.1, 0.15) is 0 Å². The lowest BCUT2D eigenvalue weighted by atomic mass is 9.86. The predicted octanol–water partition coefficient (Wildman–Crippen LogP) is 4.48. The maximum Gasteiger partial charge on any atom is 0.225 e. The van der Waals surface area contributed by atoms with E-state index in [4.69, 9.17) is 0 Å². The van der Waals surface area contributed by atoms with Gasteiger partial charge in [-0.05, 0) is 43.5 Å². The lowest BCUT2D eigenvalue weighted by Crippen LogP contribution is -2.45. The highest BCUT2D eigenvalue weighted by atomic mass is 19.2. The third-order valence-corrected chi connectivity index (χ3v) is 5.41. The molecule has 156 valence electrons. The highest BCUT2D eigenvalue weighted by molar-refractivity contribution is 5.81. The SMILES string of the molecule is CC(C)(C)C(=O)NC(c1ccccn1)C1CCCN(Cc2cccc(F)c2F)C1. The zero-order chi connectivity index (χ0) is 21.0. The van der Waals surface area contributed by atoms with E-state index in [9.17, 15) is 13.6 Å². The molecule has 1 aliphatic heterocycles. The second kappa shape index (κ2) is 8.99. The molecule has 2 aromatic rings. The van der Waals surface area contributed by atoms with Crippen LogP contribution in [0, 0.1) is 23.0 Å². The van der Waals surface area contributed by atoms with Crippen molar-refractivity contribution in [3.63, 3.8) is 0 Å². The average molecular weight is 402 g/mol. The Kier molecular flexibility index (Phi) is 6.63. The Morgan fingerprint density at radius 1 is 1.24 bits per heavy atom. The number of nitrogens with one attached hydrogen (secondary N) is 1. The van der Waals surface area contributed by atoms with E-state index in [2.05, 4.69) is 15.2 Å². The molecule has 2 heterocycles. The van der Waals surface area contributed by atoms with E-state index < -0.39 is 17.0 Å². The minimum atomic E-state index is -0.820. The molecule has 1 N–H and O–H groups in total. The van der Waals surface area contributed by atoms with Gasteiger partial charge in [-0.15, -0.1) is 0 Å². The fraction of sp³-hybridized carbons (Fsp3) is 0.478. The monoisotopic (exact) mass is 401 g/mol. The van der Waals surface area contributed by atoms with E-state index in [0.29, 0.717) is 18.7 Å². The first-order valence-electron chi connectivity index (χ1n) is 10.1. The number of halogens is 2. The smallest absolute Gasteiger partial charge is 0.225 e. The van der Waals surface area contributed by atoms with Gasteiger partial charge in [0.15, 0.2) is 11.6 Å². The van der Waals surface area contributed by atoms with Crippen molar-refractivity contribution in [2.45, 2.75) is 46.2 Å². The van der Waals surface area contributed by atoms with Gasteiger partial charge in [-0.1, -0.05) is 39.0 Å². The summed E-state index contributed by atoms with van der Waals surface area (Å²) in [5, 5.41) is 3.19. The van der Waals surface area contributed by atoms with Crippen LogP contribution in [0.4, 0.5) is 8.78 Å². The van der Waals surface area contributed by atoms with E-state index in [1.807, 2.05) is 39.0 Å². The van der Waals surface area contributed by atoms with Crippen LogP contribution in [-0.2, 0) is 11.3 Å². The van der Waals surface area contributed by atoms with Crippen molar-refractivity contribution in [2.75, 3.05) is 13.1 Å². The maximum atomic E-state index is 14.1. The van der Waals surface area contributed by atoms with Gasteiger partial charge < -0.3 is 5.32 Å². The van der Waals surface area contributed by atoms with Gasteiger partial charge in [-0.25, -0.2) is 8.78 Å². The number of piperidine rings is 1. The number of pyridine rings is 1. The highest BCUT2D eigenvalue weighted by Gasteiger charge is 2.33. The Morgan fingerprint density at radius 3 is 2.72 bits per heavy atom. The standard InChI is InChI=1S/C23H29F2N3O/c1-23(2,3)22(29)27-21(19-11-4-5-12-26-19)17-9-7-13-28(15-17)14-16-8-6-10-18(24)20(16)25/h4-6,8,10-12,17,21H,7,9,13-15H2,1-3H3,(H,27,29). The fourth-order valence-electron chi connectivity index (χ4n) is 3.77. The quantitative estimate of drug-likeness (QED) is 0.804. The lowest BCUT2D eigenvalue weighted by Gasteiger charge is -2.38. The van der Waals surface area contributed by atoms with Crippen molar-refractivity contribution in [1.29, 1.82) is 0 Å². The van der Waals surface area contributed by atoms with Crippen molar-refractivity contribution in [1.82, 2.24) is 15.2 Å². The molecule has 4 nitrogen and oxygen atoms in total. The minimum absolute atomic E-state index is 0.0264. The summed E-state index contributed by atoms with van der Waals surface area (Å²) < 4.78 is 27.7. The normalized spacial score (nSPS) is 19.0. The summed E-state index contributed by atoms with van der Waals surface area (Å²) in [5.41, 5.74) is 0.680. The molecule has 1 saturated heterocycles. The van der Waals surface area contributed by atoms with Crippen LogP contribution in [0.2, 0.25) is 0 Å². The third-order valence-electron chi connectivity index (χ3n) is 5.41. The zero-order valence-electron chi connectivity index (χ0n) is 17.3. The van der Waals surface area contributed by atoms with Crippen LogP contribution in [0.3, 0.4) is 0 Å². The molecule has 2 unspecified atom stereocenters. The molecule has 6 heteroatoms. The van der Waals surface area contributed by atoms with Crippen LogP contribution >= 0.6 is 0 Å². The highest BCUT2D eigenvalue weighted by Crippen LogP contribution is 2.31. The number of carbonyl (C=O) groups is 1. The van der Waals surface area contributed by atoms with E-state index in [0.717, 1.165) is 31.1 Å². The Labute approximate surface area is 171 Å². The van der Waals surface area contributed by atoms with Crippen molar-refractivity contribution >= 4 is 5.91 Å². The Hall–Kier alpha value is -2.34. The molecular formula is C23H29F2N3O. The summed E-state index contributed by atoms with van der Waals surface area (Å²) in [5.74, 6) is -1.49. The van der Waals surface area contributed by atoms with Crippen molar-refractivity contribution in [2.24, 2.45) is 11.3 Å². The summed E-state index contributed by atoms with van der Waals surface area (Å²) in [6.07, 6.45) is 3.60. The van der Waals surface area contributed by atoms with Gasteiger partial charge in [0.2, 0.25) is 5.91 Å². The van der Waals surface area contributed by atoms with Gasteiger partial charge in [0.05, 0.1) is 11.7 Å². The predicted molar refractivity (Wildman–Crippen MR) is 109 cm³/mol. The van der Waals surface area contributed by atoms with Crippen molar-refractivity contribution in [3.8, 4) is 0 Å². The molecule has 1 fully saturated rings.